The number of ether oxygens (including phenoxy) is 1. The van der Waals surface area contributed by atoms with E-state index in [9.17, 15) is 0 Å². The van der Waals surface area contributed by atoms with E-state index < -0.39 is 0 Å². The quantitative estimate of drug-likeness (QED) is 0.699. The van der Waals surface area contributed by atoms with E-state index in [1.807, 2.05) is 31.2 Å². The summed E-state index contributed by atoms with van der Waals surface area (Å²) in [4.78, 5) is 0. The third-order valence-electron chi connectivity index (χ3n) is 2.58. The first-order valence-corrected chi connectivity index (χ1v) is 5.54. The zero-order valence-electron chi connectivity index (χ0n) is 7.91. The largest absolute Gasteiger partial charge is 0.485 e. The maximum atomic E-state index is 5.93. The molecule has 0 fully saturated rings. The third kappa shape index (κ3) is 1.63. The van der Waals surface area contributed by atoms with Crippen molar-refractivity contribution < 1.29 is 4.74 Å². The Balaban J connectivity index is 2.30. The van der Waals surface area contributed by atoms with Gasteiger partial charge in [-0.2, -0.15) is 0 Å². The van der Waals surface area contributed by atoms with E-state index in [0.717, 1.165) is 10.8 Å². The molecule has 4 atom stereocenters. The van der Waals surface area contributed by atoms with Crippen LogP contribution in [0.5, 0.6) is 0 Å². The number of nitrogens with two attached hydrogens (primary N) is 1. The average Bonchev–Trinajstić information content (AvgIpc) is 2.43. The average molecular weight is 230 g/mol. The number of fused-ring (bicyclic) bond motifs is 1. The number of rotatable bonds is 1. The molecule has 0 radical (unpaired) electrons. The smallest absolute Gasteiger partial charge is 0.134 e. The molecule has 76 valence electrons. The predicted octanol–water partition coefficient (Wildman–Crippen LogP) is 2.13. The first-order valence-electron chi connectivity index (χ1n) is 4.50. The van der Waals surface area contributed by atoms with Crippen LogP contribution in [0, 0.1) is 5.92 Å². The first kappa shape index (κ1) is 10.2. The normalized spacial score (nSPS) is 37.0. The highest BCUT2D eigenvalue weighted by Crippen LogP contribution is 2.41. The lowest BCUT2D eigenvalue weighted by Gasteiger charge is -2.29. The molecule has 1 aliphatic heterocycles. The second-order valence-corrected chi connectivity index (χ2v) is 4.95. The van der Waals surface area contributed by atoms with Crippen molar-refractivity contribution in [3.63, 3.8) is 0 Å². The Hall–Kier alpha value is -0.300. The zero-order valence-corrected chi connectivity index (χ0v) is 9.82. The molecule has 0 amide bonds. The summed E-state index contributed by atoms with van der Waals surface area (Å²) in [5, 5.41) is 0.755. The highest BCUT2D eigenvalue weighted by molar-refractivity contribution is 7.17. The van der Waals surface area contributed by atoms with E-state index in [1.54, 1.807) is 0 Å². The van der Waals surface area contributed by atoms with Crippen LogP contribution in [0.15, 0.2) is 35.1 Å². The lowest BCUT2D eigenvalue weighted by atomic mass is 9.87. The molecule has 0 aromatic carbocycles. The van der Waals surface area contributed by atoms with E-state index in [4.69, 9.17) is 22.1 Å². The number of halogens is 1. The van der Waals surface area contributed by atoms with Gasteiger partial charge in [-0.1, -0.05) is 17.7 Å². The summed E-state index contributed by atoms with van der Waals surface area (Å²) < 4.78 is 5.79. The minimum atomic E-state index is -0.304. The third-order valence-corrected chi connectivity index (χ3v) is 3.16. The Morgan fingerprint density at radius 1 is 1.64 bits per heavy atom. The molecule has 1 heterocycles. The van der Waals surface area contributed by atoms with Crippen molar-refractivity contribution in [1.82, 2.24) is 0 Å². The molecule has 0 saturated heterocycles. The van der Waals surface area contributed by atoms with E-state index in [0.29, 0.717) is 0 Å². The van der Waals surface area contributed by atoms with Gasteiger partial charge < -0.3 is 10.5 Å². The standard InChI is InChI=1S/C10H13ClNOP/c1-10-3-2-7(11)4-6(10)5-8(13-10)9(12)14/h2-6,9H,12,14H2,1H3. The summed E-state index contributed by atoms with van der Waals surface area (Å²) >= 11 is 5.93. The van der Waals surface area contributed by atoms with E-state index >= 15 is 0 Å². The lowest BCUT2D eigenvalue weighted by molar-refractivity contribution is 0.0637. The molecule has 0 saturated carbocycles. The van der Waals surface area contributed by atoms with Crippen molar-refractivity contribution >= 4 is 20.8 Å². The second-order valence-electron chi connectivity index (χ2n) is 3.79. The maximum Gasteiger partial charge on any atom is 0.134 e. The molecule has 0 bridgehead atoms. The molecule has 1 aliphatic carbocycles. The van der Waals surface area contributed by atoms with Gasteiger partial charge in [-0.15, -0.1) is 9.24 Å². The zero-order chi connectivity index (χ0) is 10.3. The van der Waals surface area contributed by atoms with Crippen molar-refractivity contribution in [3.8, 4) is 0 Å². The monoisotopic (exact) mass is 229 g/mol. The molecule has 14 heavy (non-hydrogen) atoms. The van der Waals surface area contributed by atoms with Crippen molar-refractivity contribution in [1.29, 1.82) is 0 Å². The SMILES string of the molecule is CC12C=CC(Cl)=CC1C=C(C(N)P)O2. The minimum Gasteiger partial charge on any atom is -0.485 e. The maximum absolute atomic E-state index is 5.93. The van der Waals surface area contributed by atoms with E-state index in [2.05, 4.69) is 9.24 Å². The van der Waals surface area contributed by atoms with Crippen molar-refractivity contribution in [3.05, 3.63) is 35.1 Å². The summed E-state index contributed by atoms with van der Waals surface area (Å²) in [6.45, 7) is 2.03. The van der Waals surface area contributed by atoms with E-state index in [-0.39, 0.29) is 17.3 Å². The van der Waals surface area contributed by atoms with Gasteiger partial charge in [-0.3, -0.25) is 0 Å². The van der Waals surface area contributed by atoms with Crippen LogP contribution >= 0.6 is 20.8 Å². The molecular weight excluding hydrogens is 217 g/mol. The van der Waals surface area contributed by atoms with Crippen molar-refractivity contribution in [2.24, 2.45) is 11.7 Å². The van der Waals surface area contributed by atoms with Gasteiger partial charge in [0, 0.05) is 11.0 Å². The van der Waals surface area contributed by atoms with Gasteiger partial charge in [-0.05, 0) is 25.2 Å². The molecule has 0 aromatic heterocycles. The van der Waals surface area contributed by atoms with Crippen LogP contribution in [0.2, 0.25) is 0 Å². The van der Waals surface area contributed by atoms with Gasteiger partial charge in [0.15, 0.2) is 0 Å². The summed E-state index contributed by atoms with van der Waals surface area (Å²) in [6.07, 6.45) is 7.87. The van der Waals surface area contributed by atoms with Crippen LogP contribution in [0.4, 0.5) is 0 Å². The lowest BCUT2D eigenvalue weighted by Crippen LogP contribution is -2.31. The van der Waals surface area contributed by atoms with Crippen molar-refractivity contribution in [2.75, 3.05) is 0 Å². The predicted molar refractivity (Wildman–Crippen MR) is 61.8 cm³/mol. The Morgan fingerprint density at radius 3 is 3.00 bits per heavy atom. The fraction of sp³-hybridized carbons (Fsp3) is 0.400. The summed E-state index contributed by atoms with van der Waals surface area (Å²) in [5.41, 5.74) is 5.43. The molecule has 4 unspecified atom stereocenters. The van der Waals surface area contributed by atoms with Gasteiger partial charge in [-0.25, -0.2) is 0 Å². The Bertz CT molecular complexity index is 348. The molecule has 4 heteroatoms. The van der Waals surface area contributed by atoms with E-state index in [1.165, 1.54) is 0 Å². The van der Waals surface area contributed by atoms with Crippen LogP contribution < -0.4 is 5.73 Å². The minimum absolute atomic E-state index is 0.141. The van der Waals surface area contributed by atoms with Crippen LogP contribution in [-0.4, -0.2) is 11.4 Å². The number of hydrogen-bond acceptors (Lipinski definition) is 2. The van der Waals surface area contributed by atoms with Gasteiger partial charge in [0.2, 0.25) is 0 Å². The van der Waals surface area contributed by atoms with Crippen LogP contribution in [0.3, 0.4) is 0 Å². The molecule has 2 aliphatic rings. The summed E-state index contributed by atoms with van der Waals surface area (Å²) in [7, 11) is 2.52. The van der Waals surface area contributed by atoms with Crippen LogP contribution in [-0.2, 0) is 4.74 Å². The van der Waals surface area contributed by atoms with Gasteiger partial charge in [0.25, 0.3) is 0 Å². The fourth-order valence-corrected chi connectivity index (χ4v) is 2.09. The topological polar surface area (TPSA) is 35.2 Å². The molecular formula is C10H13ClNOP. The molecule has 2 rings (SSSR count). The highest BCUT2D eigenvalue weighted by atomic mass is 35.5. The van der Waals surface area contributed by atoms with Crippen LogP contribution in [0.1, 0.15) is 6.92 Å². The summed E-state index contributed by atoms with van der Waals surface area (Å²) in [6, 6.07) is 0. The Kier molecular flexibility index (Phi) is 2.46. The summed E-state index contributed by atoms with van der Waals surface area (Å²) in [5.74, 6) is 0.870. The first-order chi connectivity index (χ1) is 6.51. The van der Waals surface area contributed by atoms with Crippen molar-refractivity contribution in [2.45, 2.75) is 18.3 Å². The molecule has 2 nitrogen and oxygen atoms in total. The molecule has 2 N–H and O–H groups in total. The van der Waals surface area contributed by atoms with Gasteiger partial charge in [0.05, 0.1) is 5.78 Å². The molecule has 0 spiro atoms. The van der Waals surface area contributed by atoms with Gasteiger partial charge in [0.1, 0.15) is 11.4 Å². The molecule has 0 aromatic rings. The second kappa shape index (κ2) is 3.37. The highest BCUT2D eigenvalue weighted by Gasteiger charge is 2.40. The van der Waals surface area contributed by atoms with Gasteiger partial charge >= 0.3 is 0 Å². The fourth-order valence-electron chi connectivity index (χ4n) is 1.71. The Morgan fingerprint density at radius 2 is 2.36 bits per heavy atom. The number of hydrogen-bond donors (Lipinski definition) is 1. The Labute approximate surface area is 91.0 Å². The van der Waals surface area contributed by atoms with Crippen LogP contribution in [0.25, 0.3) is 0 Å². The number of allylic oxidation sites excluding steroid dienone is 2.